The van der Waals surface area contributed by atoms with Crippen LogP contribution in [0.4, 0.5) is 0 Å². The predicted molar refractivity (Wildman–Crippen MR) is 78.5 cm³/mol. The van der Waals surface area contributed by atoms with E-state index in [2.05, 4.69) is 12.0 Å². The molecule has 1 aromatic heterocycles. The van der Waals surface area contributed by atoms with E-state index in [1.807, 2.05) is 6.07 Å². The first-order valence-corrected chi connectivity index (χ1v) is 6.85. The number of hydrogen-bond donors (Lipinski definition) is 2. The molecule has 0 spiro atoms. The fourth-order valence-corrected chi connectivity index (χ4v) is 2.30. The average Bonchev–Trinajstić information content (AvgIpc) is 2.82. The lowest BCUT2D eigenvalue weighted by Gasteiger charge is -2.08. The number of ether oxygens (including phenoxy) is 1. The SMILES string of the molecule is CCc1nn(-c2cccc(O)c2)c(OC)c1CCCN. The van der Waals surface area contributed by atoms with Gasteiger partial charge in [0, 0.05) is 11.6 Å². The van der Waals surface area contributed by atoms with E-state index in [4.69, 9.17) is 10.5 Å². The van der Waals surface area contributed by atoms with Gasteiger partial charge in [0.2, 0.25) is 5.88 Å². The molecule has 2 rings (SSSR count). The number of phenolic OH excluding ortho intramolecular Hbond substituents is 1. The Labute approximate surface area is 119 Å². The molecule has 5 nitrogen and oxygen atoms in total. The van der Waals surface area contributed by atoms with Gasteiger partial charge in [-0.1, -0.05) is 13.0 Å². The van der Waals surface area contributed by atoms with Crippen molar-refractivity contribution in [1.29, 1.82) is 0 Å². The smallest absolute Gasteiger partial charge is 0.219 e. The van der Waals surface area contributed by atoms with E-state index in [1.165, 1.54) is 0 Å². The number of aromatic nitrogens is 2. The first-order chi connectivity index (χ1) is 9.71. The first-order valence-electron chi connectivity index (χ1n) is 6.85. The minimum Gasteiger partial charge on any atom is -0.508 e. The molecular formula is C15H21N3O2. The molecule has 0 unspecified atom stereocenters. The number of phenols is 1. The van der Waals surface area contributed by atoms with Gasteiger partial charge in [0.25, 0.3) is 0 Å². The molecule has 20 heavy (non-hydrogen) atoms. The van der Waals surface area contributed by atoms with Gasteiger partial charge < -0.3 is 15.6 Å². The number of aryl methyl sites for hydroxylation is 1. The van der Waals surface area contributed by atoms with Gasteiger partial charge in [0.05, 0.1) is 18.5 Å². The molecule has 0 amide bonds. The molecule has 0 fully saturated rings. The molecule has 1 heterocycles. The number of rotatable bonds is 6. The minimum absolute atomic E-state index is 0.210. The molecule has 2 aromatic rings. The van der Waals surface area contributed by atoms with E-state index >= 15 is 0 Å². The molecule has 1 aromatic carbocycles. The fraction of sp³-hybridized carbons (Fsp3) is 0.400. The second-order valence-corrected chi connectivity index (χ2v) is 4.61. The summed E-state index contributed by atoms with van der Waals surface area (Å²) in [6.07, 6.45) is 2.58. The van der Waals surface area contributed by atoms with Crippen LogP contribution in [0.1, 0.15) is 24.6 Å². The predicted octanol–water partition coefficient (Wildman–Crippen LogP) is 2.04. The van der Waals surface area contributed by atoms with Crippen molar-refractivity contribution < 1.29 is 9.84 Å². The van der Waals surface area contributed by atoms with Crippen LogP contribution >= 0.6 is 0 Å². The topological polar surface area (TPSA) is 73.3 Å². The number of nitrogens with zero attached hydrogens (tertiary/aromatic N) is 2. The number of methoxy groups -OCH3 is 1. The summed E-state index contributed by atoms with van der Waals surface area (Å²) in [5, 5.41) is 14.2. The highest BCUT2D eigenvalue weighted by Gasteiger charge is 2.18. The van der Waals surface area contributed by atoms with Gasteiger partial charge >= 0.3 is 0 Å². The first kappa shape index (κ1) is 14.4. The van der Waals surface area contributed by atoms with Gasteiger partial charge in [-0.05, 0) is 37.9 Å². The van der Waals surface area contributed by atoms with E-state index in [1.54, 1.807) is 30.0 Å². The van der Waals surface area contributed by atoms with Crippen molar-refractivity contribution in [3.8, 4) is 17.3 Å². The molecular weight excluding hydrogens is 254 g/mol. The number of nitrogens with two attached hydrogens (primary N) is 1. The van der Waals surface area contributed by atoms with Gasteiger partial charge in [-0.3, -0.25) is 0 Å². The van der Waals surface area contributed by atoms with Crippen LogP contribution in [0, 0.1) is 0 Å². The van der Waals surface area contributed by atoms with Crippen LogP contribution < -0.4 is 10.5 Å². The summed E-state index contributed by atoms with van der Waals surface area (Å²) in [4.78, 5) is 0. The summed E-state index contributed by atoms with van der Waals surface area (Å²) in [7, 11) is 1.64. The molecule has 0 atom stereocenters. The zero-order valence-corrected chi connectivity index (χ0v) is 12.0. The highest BCUT2D eigenvalue weighted by atomic mass is 16.5. The Morgan fingerprint density at radius 2 is 2.20 bits per heavy atom. The summed E-state index contributed by atoms with van der Waals surface area (Å²) in [5.74, 6) is 0.933. The van der Waals surface area contributed by atoms with E-state index in [9.17, 15) is 5.11 Å². The van der Waals surface area contributed by atoms with Crippen molar-refractivity contribution in [2.75, 3.05) is 13.7 Å². The molecule has 3 N–H and O–H groups in total. The molecule has 0 aliphatic carbocycles. The van der Waals surface area contributed by atoms with Gasteiger partial charge in [-0.15, -0.1) is 0 Å². The summed E-state index contributed by atoms with van der Waals surface area (Å²) in [6.45, 7) is 2.71. The third-order valence-corrected chi connectivity index (χ3v) is 3.25. The van der Waals surface area contributed by atoms with Crippen LogP contribution in [0.25, 0.3) is 5.69 Å². The van der Waals surface area contributed by atoms with Gasteiger partial charge in [0.15, 0.2) is 0 Å². The zero-order valence-electron chi connectivity index (χ0n) is 12.0. The fourth-order valence-electron chi connectivity index (χ4n) is 2.30. The van der Waals surface area contributed by atoms with Crippen LogP contribution in [0.2, 0.25) is 0 Å². The lowest BCUT2D eigenvalue weighted by atomic mass is 10.1. The van der Waals surface area contributed by atoms with E-state index in [-0.39, 0.29) is 5.75 Å². The van der Waals surface area contributed by atoms with Crippen molar-refractivity contribution >= 4 is 0 Å². The van der Waals surface area contributed by atoms with Crippen molar-refractivity contribution in [3.63, 3.8) is 0 Å². The van der Waals surface area contributed by atoms with Crippen LogP contribution in [-0.2, 0) is 12.8 Å². The summed E-state index contributed by atoms with van der Waals surface area (Å²) in [6, 6.07) is 6.98. The molecule has 5 heteroatoms. The van der Waals surface area contributed by atoms with Gasteiger partial charge in [-0.25, -0.2) is 4.68 Å². The Morgan fingerprint density at radius 1 is 1.40 bits per heavy atom. The molecule has 0 radical (unpaired) electrons. The standard InChI is InChI=1S/C15H21N3O2/c1-3-14-13(8-5-9-16)15(20-2)18(17-14)11-6-4-7-12(19)10-11/h4,6-7,10,19H,3,5,8-9,16H2,1-2H3. The van der Waals surface area contributed by atoms with Crippen molar-refractivity contribution in [3.05, 3.63) is 35.5 Å². The Bertz CT molecular complexity index is 578. The van der Waals surface area contributed by atoms with Crippen LogP contribution in [0.3, 0.4) is 0 Å². The molecule has 0 bridgehead atoms. The molecule has 0 aliphatic rings. The number of hydrogen-bond acceptors (Lipinski definition) is 4. The van der Waals surface area contributed by atoms with Crippen molar-refractivity contribution in [2.24, 2.45) is 5.73 Å². The zero-order chi connectivity index (χ0) is 14.5. The molecule has 0 saturated heterocycles. The average molecular weight is 275 g/mol. The molecule has 0 aliphatic heterocycles. The van der Waals surface area contributed by atoms with Crippen molar-refractivity contribution in [1.82, 2.24) is 9.78 Å². The third-order valence-electron chi connectivity index (χ3n) is 3.25. The van der Waals surface area contributed by atoms with Crippen LogP contribution in [0.15, 0.2) is 24.3 Å². The quantitative estimate of drug-likeness (QED) is 0.846. The number of benzene rings is 1. The second kappa shape index (κ2) is 6.43. The Kier molecular flexibility index (Phi) is 4.63. The van der Waals surface area contributed by atoms with E-state index in [0.29, 0.717) is 6.54 Å². The Hall–Kier alpha value is -2.01. The molecule has 108 valence electrons. The van der Waals surface area contributed by atoms with Gasteiger partial charge in [0.1, 0.15) is 5.75 Å². The normalized spacial score (nSPS) is 10.8. The van der Waals surface area contributed by atoms with E-state index < -0.39 is 0 Å². The van der Waals surface area contributed by atoms with E-state index in [0.717, 1.165) is 42.1 Å². The summed E-state index contributed by atoms with van der Waals surface area (Å²) in [5.41, 5.74) is 8.50. The highest BCUT2D eigenvalue weighted by Crippen LogP contribution is 2.28. The molecule has 0 saturated carbocycles. The van der Waals surface area contributed by atoms with Crippen molar-refractivity contribution in [2.45, 2.75) is 26.2 Å². The lowest BCUT2D eigenvalue weighted by Crippen LogP contribution is -2.03. The second-order valence-electron chi connectivity index (χ2n) is 4.61. The maximum atomic E-state index is 9.61. The third kappa shape index (κ3) is 2.77. The maximum absolute atomic E-state index is 9.61. The highest BCUT2D eigenvalue weighted by molar-refractivity contribution is 5.44. The Balaban J connectivity index is 2.50. The van der Waals surface area contributed by atoms with Crippen LogP contribution in [-0.4, -0.2) is 28.5 Å². The maximum Gasteiger partial charge on any atom is 0.219 e. The van der Waals surface area contributed by atoms with Gasteiger partial charge in [-0.2, -0.15) is 5.10 Å². The number of aromatic hydroxyl groups is 1. The largest absolute Gasteiger partial charge is 0.508 e. The summed E-state index contributed by atoms with van der Waals surface area (Å²) < 4.78 is 7.27. The summed E-state index contributed by atoms with van der Waals surface area (Å²) >= 11 is 0. The Morgan fingerprint density at radius 3 is 2.80 bits per heavy atom. The minimum atomic E-state index is 0.210. The van der Waals surface area contributed by atoms with Crippen LogP contribution in [0.5, 0.6) is 11.6 Å². The monoisotopic (exact) mass is 275 g/mol. The lowest BCUT2D eigenvalue weighted by molar-refractivity contribution is 0.378.